The van der Waals surface area contributed by atoms with Gasteiger partial charge in [-0.2, -0.15) is 0 Å². The van der Waals surface area contributed by atoms with Gasteiger partial charge >= 0.3 is 0 Å². The molecule has 0 bridgehead atoms. The van der Waals surface area contributed by atoms with Gasteiger partial charge in [0.15, 0.2) is 0 Å². The molecule has 0 aliphatic heterocycles. The number of nitrogens with zero attached hydrogens (tertiary/aromatic N) is 4. The fraction of sp³-hybridized carbons (Fsp3) is 0.594. The Morgan fingerprint density at radius 1 is 0.846 bits per heavy atom. The summed E-state index contributed by atoms with van der Waals surface area (Å²) in [6.45, 7) is 4.45. The highest BCUT2D eigenvalue weighted by atomic mass is 16.2. The van der Waals surface area contributed by atoms with Crippen LogP contribution in [0.25, 0.3) is 0 Å². The Hall–Kier alpha value is -2.93. The number of aromatic nitrogens is 4. The van der Waals surface area contributed by atoms with Gasteiger partial charge in [0.05, 0.1) is 13.1 Å². The van der Waals surface area contributed by atoms with Crippen molar-refractivity contribution in [2.75, 3.05) is 6.54 Å². The molecule has 3 aromatic rings. The molecule has 0 atom stereocenters. The molecule has 2 aromatic heterocycles. The minimum absolute atomic E-state index is 0.0118. The topological polar surface area (TPSA) is 80.9 Å². The van der Waals surface area contributed by atoms with Crippen LogP contribution < -0.4 is 0 Å². The molecule has 0 radical (unpaired) electrons. The van der Waals surface area contributed by atoms with E-state index in [0.29, 0.717) is 18.7 Å². The molecule has 2 aliphatic rings. The standard InChI is InChI=1S/C32H46N6O/c1-2-22-38(28-6-4-3-5-7-28)29-16-12-26(13-17-29)9-8-25-10-14-27(15-11-25)32(39)37(23-30-33-18-19-34-30)24-31-35-20-21-36-31/h10-11,14-15,18-21,26,28-29H,2-9,12-13,16-17,22-24H2,1H3,(H,33,34)(H,35,36). The average Bonchev–Trinajstić information content (AvgIpc) is 3.70. The van der Waals surface area contributed by atoms with Crippen molar-refractivity contribution in [2.45, 2.75) is 109 Å². The van der Waals surface area contributed by atoms with Gasteiger partial charge in [-0.15, -0.1) is 0 Å². The summed E-state index contributed by atoms with van der Waals surface area (Å²) in [6, 6.07) is 9.90. The van der Waals surface area contributed by atoms with Crippen molar-refractivity contribution in [2.24, 2.45) is 5.92 Å². The van der Waals surface area contributed by atoms with Gasteiger partial charge in [-0.05, 0) is 87.9 Å². The average molecular weight is 531 g/mol. The molecular formula is C32H46N6O. The molecule has 210 valence electrons. The highest BCUT2D eigenvalue weighted by Gasteiger charge is 2.30. The lowest BCUT2D eigenvalue weighted by atomic mass is 9.81. The van der Waals surface area contributed by atoms with Gasteiger partial charge in [-0.3, -0.25) is 9.69 Å². The summed E-state index contributed by atoms with van der Waals surface area (Å²) in [5, 5.41) is 0. The van der Waals surface area contributed by atoms with E-state index in [-0.39, 0.29) is 5.91 Å². The first kappa shape index (κ1) is 27.6. The third kappa shape index (κ3) is 7.59. The van der Waals surface area contributed by atoms with Crippen LogP contribution in [0, 0.1) is 5.92 Å². The third-order valence-corrected chi connectivity index (χ3v) is 8.93. The maximum Gasteiger partial charge on any atom is 0.254 e. The molecule has 1 amide bonds. The molecule has 7 heteroatoms. The summed E-state index contributed by atoms with van der Waals surface area (Å²) < 4.78 is 0. The normalized spacial score (nSPS) is 20.4. The van der Waals surface area contributed by atoms with Gasteiger partial charge in [-0.25, -0.2) is 9.97 Å². The largest absolute Gasteiger partial charge is 0.347 e. The van der Waals surface area contributed by atoms with Crippen LogP contribution in [-0.2, 0) is 19.5 Å². The Morgan fingerprint density at radius 3 is 2.03 bits per heavy atom. The smallest absolute Gasteiger partial charge is 0.254 e. The van der Waals surface area contributed by atoms with Gasteiger partial charge in [0.1, 0.15) is 11.6 Å². The molecule has 39 heavy (non-hydrogen) atoms. The van der Waals surface area contributed by atoms with E-state index in [1.54, 1.807) is 29.7 Å². The fourth-order valence-electron chi connectivity index (χ4n) is 6.80. The van der Waals surface area contributed by atoms with Crippen LogP contribution in [0.4, 0.5) is 0 Å². The summed E-state index contributed by atoms with van der Waals surface area (Å²) in [7, 11) is 0. The number of H-pyrrole nitrogens is 2. The molecule has 7 nitrogen and oxygen atoms in total. The number of hydrogen-bond acceptors (Lipinski definition) is 4. The molecule has 0 saturated heterocycles. The SMILES string of the molecule is CCCN(C1CCCCC1)C1CCC(CCc2ccc(C(=O)N(Cc3ncc[nH]3)Cc3ncc[nH]3)cc2)CC1. The van der Waals surface area contributed by atoms with E-state index < -0.39 is 0 Å². The van der Waals surface area contributed by atoms with Crippen LogP contribution in [0.15, 0.2) is 49.1 Å². The number of carbonyl (C=O) groups excluding carboxylic acids is 1. The predicted molar refractivity (Wildman–Crippen MR) is 155 cm³/mol. The van der Waals surface area contributed by atoms with E-state index >= 15 is 0 Å². The van der Waals surface area contributed by atoms with Crippen molar-refractivity contribution in [1.29, 1.82) is 0 Å². The van der Waals surface area contributed by atoms with Crippen LogP contribution in [0.5, 0.6) is 0 Å². The van der Waals surface area contributed by atoms with Gasteiger partial charge in [0.25, 0.3) is 5.91 Å². The lowest BCUT2D eigenvalue weighted by molar-refractivity contribution is 0.0695. The highest BCUT2D eigenvalue weighted by Crippen LogP contribution is 2.34. The number of benzene rings is 1. The molecule has 1 aromatic carbocycles. The Kier molecular flexibility index (Phi) is 9.86. The number of aromatic amines is 2. The van der Waals surface area contributed by atoms with Crippen molar-refractivity contribution in [3.8, 4) is 0 Å². The first-order valence-electron chi connectivity index (χ1n) is 15.3. The molecule has 2 N–H and O–H groups in total. The van der Waals surface area contributed by atoms with E-state index in [2.05, 4.69) is 43.9 Å². The number of rotatable bonds is 12. The Labute approximate surface area is 233 Å². The van der Waals surface area contributed by atoms with Crippen LogP contribution >= 0.6 is 0 Å². The molecule has 2 fully saturated rings. The molecule has 2 saturated carbocycles. The first-order chi connectivity index (χ1) is 19.2. The van der Waals surface area contributed by atoms with Crippen molar-refractivity contribution in [1.82, 2.24) is 29.7 Å². The van der Waals surface area contributed by atoms with E-state index in [4.69, 9.17) is 0 Å². The molecular weight excluding hydrogens is 484 g/mol. The minimum Gasteiger partial charge on any atom is -0.347 e. The Bertz CT molecular complexity index is 1060. The molecule has 0 spiro atoms. The quantitative estimate of drug-likeness (QED) is 0.280. The first-order valence-corrected chi connectivity index (χ1v) is 15.3. The summed E-state index contributed by atoms with van der Waals surface area (Å²) in [5.74, 6) is 2.34. The number of nitrogens with one attached hydrogen (secondary N) is 2. The summed E-state index contributed by atoms with van der Waals surface area (Å²) in [4.78, 5) is 32.9. The lowest BCUT2D eigenvalue weighted by Crippen LogP contribution is -2.46. The van der Waals surface area contributed by atoms with Crippen LogP contribution in [-0.4, -0.2) is 54.3 Å². The molecule has 5 rings (SSSR count). The second-order valence-corrected chi connectivity index (χ2v) is 11.7. The van der Waals surface area contributed by atoms with Crippen molar-refractivity contribution >= 4 is 5.91 Å². The van der Waals surface area contributed by atoms with Gasteiger partial charge < -0.3 is 14.9 Å². The molecule has 2 aliphatic carbocycles. The zero-order chi connectivity index (χ0) is 26.9. The third-order valence-electron chi connectivity index (χ3n) is 8.93. The van der Waals surface area contributed by atoms with Gasteiger partial charge in [-0.1, -0.05) is 38.3 Å². The second kappa shape index (κ2) is 13.9. The zero-order valence-corrected chi connectivity index (χ0v) is 23.7. The number of imidazole rings is 2. The number of carbonyl (C=O) groups is 1. The zero-order valence-electron chi connectivity index (χ0n) is 23.7. The van der Waals surface area contributed by atoms with E-state index in [9.17, 15) is 4.79 Å². The van der Waals surface area contributed by atoms with Crippen LogP contribution in [0.2, 0.25) is 0 Å². The minimum atomic E-state index is -0.0118. The Balaban J connectivity index is 1.12. The van der Waals surface area contributed by atoms with Gasteiger partial charge in [0.2, 0.25) is 0 Å². The summed E-state index contributed by atoms with van der Waals surface area (Å²) >= 11 is 0. The monoisotopic (exact) mass is 530 g/mol. The van der Waals surface area contributed by atoms with Crippen molar-refractivity contribution in [3.63, 3.8) is 0 Å². The van der Waals surface area contributed by atoms with Crippen LogP contribution in [0.1, 0.15) is 105 Å². The predicted octanol–water partition coefficient (Wildman–Crippen LogP) is 6.51. The molecule has 0 unspecified atom stereocenters. The maximum atomic E-state index is 13.4. The second-order valence-electron chi connectivity index (χ2n) is 11.7. The van der Waals surface area contributed by atoms with Crippen LogP contribution in [0.3, 0.4) is 0 Å². The fourth-order valence-corrected chi connectivity index (χ4v) is 6.80. The van der Waals surface area contributed by atoms with E-state index in [1.165, 1.54) is 82.7 Å². The van der Waals surface area contributed by atoms with E-state index in [0.717, 1.165) is 36.1 Å². The van der Waals surface area contributed by atoms with E-state index in [1.807, 2.05) is 12.1 Å². The number of hydrogen-bond donors (Lipinski definition) is 2. The number of amides is 1. The number of aryl methyl sites for hydroxylation is 1. The van der Waals surface area contributed by atoms with Crippen molar-refractivity contribution < 1.29 is 4.79 Å². The highest BCUT2D eigenvalue weighted by molar-refractivity contribution is 5.94. The maximum absolute atomic E-state index is 13.4. The lowest BCUT2D eigenvalue weighted by Gasteiger charge is -2.43. The summed E-state index contributed by atoms with van der Waals surface area (Å²) in [5.41, 5.74) is 2.03. The van der Waals surface area contributed by atoms with Gasteiger partial charge in [0, 0.05) is 42.4 Å². The molecule has 2 heterocycles. The Morgan fingerprint density at radius 2 is 1.46 bits per heavy atom. The van der Waals surface area contributed by atoms with Crippen molar-refractivity contribution in [3.05, 3.63) is 71.8 Å². The summed E-state index contributed by atoms with van der Waals surface area (Å²) in [6.07, 6.45) is 23.2.